The summed E-state index contributed by atoms with van der Waals surface area (Å²) in [6, 6.07) is 19.4. The van der Waals surface area contributed by atoms with Crippen LogP contribution in [0.25, 0.3) is 10.9 Å². The summed E-state index contributed by atoms with van der Waals surface area (Å²) in [7, 11) is 0. The summed E-state index contributed by atoms with van der Waals surface area (Å²) in [5.41, 5.74) is 1.74. The summed E-state index contributed by atoms with van der Waals surface area (Å²) in [5, 5.41) is 8.31. The number of aromatic nitrogens is 2. The molecule has 9 heteroatoms. The van der Waals surface area contributed by atoms with Crippen LogP contribution in [0, 0.1) is 0 Å². The first-order chi connectivity index (χ1) is 17.3. The van der Waals surface area contributed by atoms with Gasteiger partial charge >= 0.3 is 0 Å². The summed E-state index contributed by atoms with van der Waals surface area (Å²) in [6.07, 6.45) is 2.39. The molecule has 3 aromatic carbocycles. The van der Waals surface area contributed by atoms with Crippen LogP contribution in [0.3, 0.4) is 0 Å². The number of carbonyl (C=O) groups excluding carboxylic acids is 1. The second-order valence-corrected chi connectivity index (χ2v) is 9.57. The first-order valence-corrected chi connectivity index (χ1v) is 12.6. The molecule has 1 aromatic heterocycles. The van der Waals surface area contributed by atoms with Crippen LogP contribution in [-0.2, 0) is 4.79 Å². The lowest BCUT2D eigenvalue weighted by Crippen LogP contribution is -2.23. The van der Waals surface area contributed by atoms with Crippen molar-refractivity contribution in [3.8, 4) is 5.75 Å². The van der Waals surface area contributed by atoms with E-state index in [9.17, 15) is 9.59 Å². The van der Waals surface area contributed by atoms with Crippen LogP contribution in [0.5, 0.6) is 5.75 Å². The average Bonchev–Trinajstić information content (AvgIpc) is 2.88. The maximum atomic E-state index is 13.3. The molecule has 0 aliphatic rings. The number of hydrogen-bond acceptors (Lipinski definition) is 5. The third-order valence-corrected chi connectivity index (χ3v) is 6.31. The van der Waals surface area contributed by atoms with Crippen LogP contribution in [0.4, 0.5) is 5.69 Å². The fraction of sp³-hybridized carbons (Fsp3) is 0.185. The second-order valence-electron chi connectivity index (χ2n) is 8.22. The van der Waals surface area contributed by atoms with Gasteiger partial charge in [-0.25, -0.2) is 4.98 Å². The molecule has 0 unspecified atom stereocenters. The van der Waals surface area contributed by atoms with Gasteiger partial charge in [-0.1, -0.05) is 53.5 Å². The van der Waals surface area contributed by atoms with Gasteiger partial charge in [0.25, 0.3) is 11.5 Å². The lowest BCUT2D eigenvalue weighted by atomic mass is 10.1. The molecule has 0 spiro atoms. The van der Waals surface area contributed by atoms with E-state index in [1.54, 1.807) is 54.7 Å². The topological polar surface area (TPSA) is 85.6 Å². The van der Waals surface area contributed by atoms with Gasteiger partial charge in [-0.2, -0.15) is 9.78 Å². The molecule has 0 saturated carbocycles. The molecule has 184 valence electrons. The highest BCUT2D eigenvalue weighted by Gasteiger charge is 2.15. The molecule has 0 aliphatic heterocycles. The van der Waals surface area contributed by atoms with Crippen molar-refractivity contribution in [3.63, 3.8) is 0 Å². The van der Waals surface area contributed by atoms with E-state index in [2.05, 4.69) is 26.3 Å². The monoisotopic (exact) mass is 566 g/mol. The van der Waals surface area contributed by atoms with Crippen molar-refractivity contribution in [2.24, 2.45) is 5.10 Å². The smallest absolute Gasteiger partial charge is 0.282 e. The number of anilines is 1. The van der Waals surface area contributed by atoms with Gasteiger partial charge in [-0.05, 0) is 66.6 Å². The van der Waals surface area contributed by atoms with Crippen molar-refractivity contribution in [2.45, 2.75) is 26.2 Å². The highest BCUT2D eigenvalue weighted by Crippen LogP contribution is 2.21. The number of rotatable bonds is 8. The Bertz CT molecular complexity index is 1490. The fourth-order valence-electron chi connectivity index (χ4n) is 3.47. The number of hydrogen-bond donors (Lipinski definition) is 1. The Balaban J connectivity index is 1.53. The summed E-state index contributed by atoms with van der Waals surface area (Å²) in [5.74, 6) is 0.839. The molecule has 0 saturated heterocycles. The van der Waals surface area contributed by atoms with Crippen LogP contribution in [0.15, 0.2) is 81.1 Å². The molecular weight excluding hydrogens is 544 g/mol. The maximum Gasteiger partial charge on any atom is 0.282 e. The van der Waals surface area contributed by atoms with E-state index < -0.39 is 0 Å². The number of halogens is 2. The van der Waals surface area contributed by atoms with Gasteiger partial charge in [0.15, 0.2) is 6.61 Å². The maximum absolute atomic E-state index is 13.3. The minimum Gasteiger partial charge on any atom is -0.484 e. The highest BCUT2D eigenvalue weighted by molar-refractivity contribution is 9.10. The standard InChI is InChI=1S/C27H24BrClN4O3/c1-3-17(2)26-32-24-12-7-19(28)14-23(24)27(35)33(26)30-15-18-5-4-6-22(13-18)36-16-25(34)31-21-10-8-20(29)9-11-21/h4-15,17H,3,16H2,1-2H3,(H,31,34)/t17-/m0/s1. The zero-order chi connectivity index (χ0) is 25.7. The molecule has 7 nitrogen and oxygen atoms in total. The van der Waals surface area contributed by atoms with Gasteiger partial charge in [0.2, 0.25) is 0 Å². The number of benzene rings is 3. The van der Waals surface area contributed by atoms with Gasteiger partial charge in [-0.3, -0.25) is 9.59 Å². The molecule has 1 N–H and O–H groups in total. The number of amides is 1. The van der Waals surface area contributed by atoms with Gasteiger partial charge in [0.1, 0.15) is 11.6 Å². The minimum absolute atomic E-state index is 0.0386. The van der Waals surface area contributed by atoms with E-state index in [1.165, 1.54) is 4.68 Å². The average molecular weight is 568 g/mol. The zero-order valence-corrected chi connectivity index (χ0v) is 22.1. The lowest BCUT2D eigenvalue weighted by molar-refractivity contribution is -0.118. The highest BCUT2D eigenvalue weighted by atomic mass is 79.9. The molecule has 1 amide bonds. The van der Waals surface area contributed by atoms with Gasteiger partial charge < -0.3 is 10.1 Å². The van der Waals surface area contributed by atoms with E-state index in [0.717, 1.165) is 10.9 Å². The first-order valence-electron chi connectivity index (χ1n) is 11.4. The Labute approximate surface area is 221 Å². The van der Waals surface area contributed by atoms with Crippen LogP contribution in [-0.4, -0.2) is 28.4 Å². The predicted molar refractivity (Wildman–Crippen MR) is 147 cm³/mol. The third kappa shape index (κ3) is 6.19. The fourth-order valence-corrected chi connectivity index (χ4v) is 3.95. The number of nitrogens with one attached hydrogen (secondary N) is 1. The Morgan fingerprint density at radius 3 is 2.72 bits per heavy atom. The summed E-state index contributed by atoms with van der Waals surface area (Å²) >= 11 is 9.29. The number of ether oxygens (including phenoxy) is 1. The molecule has 0 bridgehead atoms. The lowest BCUT2D eigenvalue weighted by Gasteiger charge is -2.14. The van der Waals surface area contributed by atoms with Crippen LogP contribution < -0.4 is 15.6 Å². The minimum atomic E-state index is -0.297. The molecule has 1 atom stereocenters. The Hall–Kier alpha value is -3.49. The Morgan fingerprint density at radius 2 is 1.97 bits per heavy atom. The van der Waals surface area contributed by atoms with Crippen LogP contribution in [0.1, 0.15) is 37.6 Å². The van der Waals surface area contributed by atoms with E-state index in [-0.39, 0.29) is 24.0 Å². The number of nitrogens with zero attached hydrogens (tertiary/aromatic N) is 3. The number of fused-ring (bicyclic) bond motifs is 1. The van der Waals surface area contributed by atoms with E-state index in [0.29, 0.717) is 38.8 Å². The largest absolute Gasteiger partial charge is 0.484 e. The van der Waals surface area contributed by atoms with Crippen LogP contribution in [0.2, 0.25) is 5.02 Å². The van der Waals surface area contributed by atoms with Gasteiger partial charge in [0.05, 0.1) is 17.1 Å². The zero-order valence-electron chi connectivity index (χ0n) is 19.7. The summed E-state index contributed by atoms with van der Waals surface area (Å²) in [6.45, 7) is 3.90. The normalized spacial score (nSPS) is 12.1. The molecule has 0 aliphatic carbocycles. The Kier molecular flexibility index (Phi) is 8.18. The van der Waals surface area contributed by atoms with Crippen LogP contribution >= 0.6 is 27.5 Å². The molecule has 0 radical (unpaired) electrons. The first kappa shape index (κ1) is 25.6. The summed E-state index contributed by atoms with van der Waals surface area (Å²) in [4.78, 5) is 30.2. The quantitative estimate of drug-likeness (QED) is 0.256. The van der Waals surface area contributed by atoms with Gasteiger partial charge in [-0.15, -0.1) is 0 Å². The third-order valence-electron chi connectivity index (χ3n) is 5.56. The van der Waals surface area contributed by atoms with Crippen molar-refractivity contribution in [2.75, 3.05) is 11.9 Å². The van der Waals surface area contributed by atoms with E-state index >= 15 is 0 Å². The Morgan fingerprint density at radius 1 is 1.19 bits per heavy atom. The van der Waals surface area contributed by atoms with Crippen molar-refractivity contribution in [1.82, 2.24) is 9.66 Å². The van der Waals surface area contributed by atoms with Crippen molar-refractivity contribution in [1.29, 1.82) is 0 Å². The number of carbonyl (C=O) groups is 1. The molecule has 4 aromatic rings. The summed E-state index contributed by atoms with van der Waals surface area (Å²) < 4.78 is 7.80. The van der Waals surface area contributed by atoms with E-state index in [1.807, 2.05) is 32.0 Å². The molecule has 0 fully saturated rings. The van der Waals surface area contributed by atoms with Crippen molar-refractivity contribution >= 4 is 56.2 Å². The van der Waals surface area contributed by atoms with Crippen molar-refractivity contribution < 1.29 is 9.53 Å². The molecule has 4 rings (SSSR count). The van der Waals surface area contributed by atoms with Gasteiger partial charge in [0, 0.05) is 21.1 Å². The molecule has 1 heterocycles. The molecular formula is C27H24BrClN4O3. The van der Waals surface area contributed by atoms with E-state index in [4.69, 9.17) is 21.3 Å². The SMILES string of the molecule is CC[C@H](C)c1nc2ccc(Br)cc2c(=O)n1N=Cc1cccc(OCC(=O)Nc2ccc(Cl)cc2)c1. The molecule has 36 heavy (non-hydrogen) atoms. The second kappa shape index (κ2) is 11.5. The predicted octanol–water partition coefficient (Wildman–Crippen LogP) is 6.23. The van der Waals surface area contributed by atoms with Crippen molar-refractivity contribution in [3.05, 3.63) is 98.0 Å².